The molecule has 2 atom stereocenters. The zero-order chi connectivity index (χ0) is 17.9. The van der Waals surface area contributed by atoms with Crippen molar-refractivity contribution in [3.05, 3.63) is 47.7 Å². The van der Waals surface area contributed by atoms with Crippen LogP contribution in [-0.4, -0.2) is 18.4 Å². The molecule has 0 radical (unpaired) electrons. The van der Waals surface area contributed by atoms with Crippen molar-refractivity contribution in [1.82, 2.24) is 0 Å². The lowest BCUT2D eigenvalue weighted by Gasteiger charge is -2.36. The van der Waals surface area contributed by atoms with Gasteiger partial charge < -0.3 is 9.92 Å². The van der Waals surface area contributed by atoms with Crippen LogP contribution in [0.3, 0.4) is 0 Å². The summed E-state index contributed by atoms with van der Waals surface area (Å²) in [7, 11) is 0. The number of aliphatic imine (C=N–C) groups is 1. The Bertz CT molecular complexity index is 638. The fraction of sp³-hybridized carbons (Fsp3) is 0.571. The summed E-state index contributed by atoms with van der Waals surface area (Å²) >= 11 is 3.92. The maximum Gasteiger partial charge on any atom is 0.0775 e. The van der Waals surface area contributed by atoms with Gasteiger partial charge in [-0.15, -0.1) is 0 Å². The normalized spacial score (nSPS) is 28.8. The van der Waals surface area contributed by atoms with Gasteiger partial charge in [-0.05, 0) is 68.5 Å². The average molecular weight is 359 g/mol. The van der Waals surface area contributed by atoms with E-state index in [9.17, 15) is 0 Å². The lowest BCUT2D eigenvalue weighted by Crippen LogP contribution is -2.29. The molecule has 0 heterocycles. The number of nitrogens with two attached hydrogens (primary N) is 1. The fourth-order valence-corrected chi connectivity index (χ4v) is 4.70. The lowest BCUT2D eigenvalue weighted by atomic mass is 9.70. The van der Waals surface area contributed by atoms with E-state index >= 15 is 0 Å². The maximum atomic E-state index is 6.46. The molecule has 25 heavy (non-hydrogen) atoms. The van der Waals surface area contributed by atoms with Crippen LogP contribution < -0.4 is 5.73 Å². The second kappa shape index (κ2) is 7.96. The molecule has 0 aromatic rings. The largest absolute Gasteiger partial charge is 0.402 e. The van der Waals surface area contributed by atoms with Gasteiger partial charge in [0.25, 0.3) is 0 Å². The number of rotatable bonds is 5. The summed E-state index contributed by atoms with van der Waals surface area (Å²) < 4.78 is 5.08. The molecule has 3 nitrogen and oxygen atoms in total. The summed E-state index contributed by atoms with van der Waals surface area (Å²) in [5.74, 6) is 0.197. The molecular formula is C21H30N2OS. The van der Waals surface area contributed by atoms with Crippen LogP contribution in [0.2, 0.25) is 0 Å². The molecule has 0 amide bonds. The molecule has 4 heteroatoms. The lowest BCUT2D eigenvalue weighted by molar-refractivity contribution is 0.257. The standard InChI is InChI=1S/C21H30N2OS/c1-15(2)20(23-19-8-4-3-7-16(19)14-24-25)17-13-21(10-5-6-11-21)12-9-18(17)22/h3-4,7-8,16,19,25H,1,5-6,9-14,22H2,2H3. The monoisotopic (exact) mass is 358 g/mol. The summed E-state index contributed by atoms with van der Waals surface area (Å²) in [4.78, 5) is 5.09. The third kappa shape index (κ3) is 4.12. The Morgan fingerprint density at radius 1 is 1.32 bits per heavy atom. The number of nitrogens with zero attached hydrogens (tertiary/aromatic N) is 1. The minimum absolute atomic E-state index is 0.0469. The van der Waals surface area contributed by atoms with Crippen molar-refractivity contribution in [1.29, 1.82) is 0 Å². The van der Waals surface area contributed by atoms with E-state index in [1.807, 2.05) is 13.0 Å². The third-order valence-electron chi connectivity index (χ3n) is 5.98. The number of thiol groups is 1. The molecule has 2 N–H and O–H groups in total. The fourth-order valence-electron chi connectivity index (χ4n) is 4.53. The van der Waals surface area contributed by atoms with E-state index < -0.39 is 0 Å². The topological polar surface area (TPSA) is 47.6 Å². The molecule has 1 spiro atoms. The van der Waals surface area contributed by atoms with Gasteiger partial charge in [0.05, 0.1) is 18.4 Å². The van der Waals surface area contributed by atoms with Crippen LogP contribution >= 0.6 is 12.9 Å². The Morgan fingerprint density at radius 2 is 2.04 bits per heavy atom. The first-order valence-corrected chi connectivity index (χ1v) is 9.74. The Hall–Kier alpha value is -1.26. The summed E-state index contributed by atoms with van der Waals surface area (Å²) in [5.41, 5.74) is 11.2. The van der Waals surface area contributed by atoms with Crippen LogP contribution in [0.1, 0.15) is 51.9 Å². The van der Waals surface area contributed by atoms with Crippen molar-refractivity contribution >= 4 is 18.6 Å². The molecule has 1 fully saturated rings. The molecule has 136 valence electrons. The molecule has 0 bridgehead atoms. The van der Waals surface area contributed by atoms with Gasteiger partial charge in [-0.1, -0.05) is 43.7 Å². The molecule has 3 aliphatic rings. The van der Waals surface area contributed by atoms with Gasteiger partial charge >= 0.3 is 0 Å². The average Bonchev–Trinajstić information content (AvgIpc) is 3.05. The van der Waals surface area contributed by atoms with E-state index in [1.54, 1.807) is 0 Å². The van der Waals surface area contributed by atoms with Crippen LogP contribution in [0.5, 0.6) is 0 Å². The number of hydrogen-bond acceptors (Lipinski definition) is 4. The highest BCUT2D eigenvalue weighted by Gasteiger charge is 2.38. The van der Waals surface area contributed by atoms with E-state index in [2.05, 4.69) is 37.7 Å². The number of allylic oxidation sites excluding steroid dienone is 5. The predicted octanol–water partition coefficient (Wildman–Crippen LogP) is 4.93. The minimum Gasteiger partial charge on any atom is -0.402 e. The highest BCUT2D eigenvalue weighted by Crippen LogP contribution is 2.50. The van der Waals surface area contributed by atoms with E-state index in [1.165, 1.54) is 37.7 Å². The summed E-state index contributed by atoms with van der Waals surface area (Å²) in [6, 6.07) is 0.0469. The van der Waals surface area contributed by atoms with Crippen molar-refractivity contribution in [2.24, 2.45) is 22.1 Å². The van der Waals surface area contributed by atoms with Crippen molar-refractivity contribution in [2.45, 2.75) is 57.9 Å². The molecule has 2 unspecified atom stereocenters. The van der Waals surface area contributed by atoms with Gasteiger partial charge in [-0.3, -0.25) is 4.99 Å². The summed E-state index contributed by atoms with van der Waals surface area (Å²) in [6.07, 6.45) is 17.0. The minimum atomic E-state index is 0.0469. The molecule has 0 aromatic heterocycles. The Balaban J connectivity index is 1.91. The summed E-state index contributed by atoms with van der Waals surface area (Å²) in [6.45, 7) is 6.79. The van der Waals surface area contributed by atoms with Crippen molar-refractivity contribution in [3.63, 3.8) is 0 Å². The first-order chi connectivity index (χ1) is 12.0. The molecule has 3 aliphatic carbocycles. The quantitative estimate of drug-likeness (QED) is 0.416. The highest BCUT2D eigenvalue weighted by molar-refractivity contribution is 7.75. The molecule has 3 rings (SSSR count). The van der Waals surface area contributed by atoms with Crippen LogP contribution in [-0.2, 0) is 4.18 Å². The molecule has 1 saturated carbocycles. The van der Waals surface area contributed by atoms with Crippen LogP contribution in [0.15, 0.2) is 52.7 Å². The van der Waals surface area contributed by atoms with Gasteiger partial charge in [-0.2, -0.15) is 0 Å². The Kier molecular flexibility index (Phi) is 5.90. The zero-order valence-corrected chi connectivity index (χ0v) is 16.1. The first-order valence-electron chi connectivity index (χ1n) is 9.37. The van der Waals surface area contributed by atoms with E-state index in [0.29, 0.717) is 12.0 Å². The molecule has 0 aliphatic heterocycles. The predicted molar refractivity (Wildman–Crippen MR) is 109 cm³/mol. The highest BCUT2D eigenvalue weighted by atomic mass is 32.1. The van der Waals surface area contributed by atoms with Gasteiger partial charge in [0.2, 0.25) is 0 Å². The van der Waals surface area contributed by atoms with Crippen LogP contribution in [0, 0.1) is 11.3 Å². The smallest absolute Gasteiger partial charge is 0.0775 e. The van der Waals surface area contributed by atoms with Crippen molar-refractivity contribution < 1.29 is 4.18 Å². The first kappa shape index (κ1) is 18.5. The van der Waals surface area contributed by atoms with Crippen molar-refractivity contribution in [2.75, 3.05) is 6.61 Å². The Labute approximate surface area is 157 Å². The number of hydrogen-bond donors (Lipinski definition) is 2. The second-order valence-electron chi connectivity index (χ2n) is 7.87. The molecule has 0 aromatic carbocycles. The van der Waals surface area contributed by atoms with Gasteiger partial charge in [0.15, 0.2) is 0 Å². The Morgan fingerprint density at radius 3 is 2.72 bits per heavy atom. The maximum absolute atomic E-state index is 6.46. The van der Waals surface area contributed by atoms with Crippen molar-refractivity contribution in [3.8, 4) is 0 Å². The van der Waals surface area contributed by atoms with E-state index in [4.69, 9.17) is 14.9 Å². The summed E-state index contributed by atoms with van der Waals surface area (Å²) in [5, 5.41) is 0. The molecule has 0 saturated heterocycles. The van der Waals surface area contributed by atoms with Crippen LogP contribution in [0.25, 0.3) is 0 Å². The third-order valence-corrected chi connectivity index (χ3v) is 6.13. The zero-order valence-electron chi connectivity index (χ0n) is 15.2. The van der Waals surface area contributed by atoms with E-state index in [-0.39, 0.29) is 12.0 Å². The van der Waals surface area contributed by atoms with Gasteiger partial charge in [0.1, 0.15) is 0 Å². The molecular weight excluding hydrogens is 328 g/mol. The SMILES string of the molecule is C=C(C)C(=NC1C=CC=CC1COS)C1=C(N)CCC2(CCCC2)C1. The second-order valence-corrected chi connectivity index (χ2v) is 8.12. The van der Waals surface area contributed by atoms with Gasteiger partial charge in [-0.25, -0.2) is 0 Å². The van der Waals surface area contributed by atoms with Gasteiger partial charge in [0, 0.05) is 11.6 Å². The van der Waals surface area contributed by atoms with Crippen LogP contribution in [0.4, 0.5) is 0 Å². The van der Waals surface area contributed by atoms with E-state index in [0.717, 1.165) is 29.8 Å².